The van der Waals surface area contributed by atoms with Gasteiger partial charge in [0.15, 0.2) is 6.29 Å². The van der Waals surface area contributed by atoms with E-state index in [0.717, 1.165) is 41.2 Å². The van der Waals surface area contributed by atoms with E-state index < -0.39 is 52.8 Å². The molecule has 1 saturated heterocycles. The standard InChI is InChI=1S/C26H32F3N3O8/c1-13(15-9-8-10-16(18(15)27)26(28,29)24(3,4)35)30-20-17(21-39-11-12-40-21)19(31-14(2)32-20)25(38-7,22(33)36-5)23(34)37-6/h8-10,13,21,35H,11-12H2,1-7H3,(H,30,31,32)/t13-/m1/s1. The van der Waals surface area contributed by atoms with Crippen LogP contribution in [0.15, 0.2) is 18.2 Å². The van der Waals surface area contributed by atoms with Crippen LogP contribution >= 0.6 is 0 Å². The first kappa shape index (κ1) is 31.2. The SMILES string of the molecule is COC(=O)C(OC)(C(=O)OC)c1nc(C)nc(N[C@H](C)c2cccc(C(F)(F)C(C)(C)O)c2F)c1C1OCCO1. The molecule has 1 aliphatic heterocycles. The summed E-state index contributed by atoms with van der Waals surface area (Å²) in [6.07, 6.45) is -1.20. The van der Waals surface area contributed by atoms with Gasteiger partial charge in [-0.3, -0.25) is 0 Å². The number of carbonyl (C=O) groups is 2. The van der Waals surface area contributed by atoms with Crippen LogP contribution in [0.3, 0.4) is 0 Å². The second-order valence-electron chi connectivity index (χ2n) is 9.53. The Morgan fingerprint density at radius 3 is 2.17 bits per heavy atom. The third-order valence-electron chi connectivity index (χ3n) is 6.46. The number of esters is 2. The molecule has 0 bridgehead atoms. The molecule has 1 aromatic carbocycles. The maximum Gasteiger partial charge on any atom is 0.356 e. The summed E-state index contributed by atoms with van der Waals surface area (Å²) in [5.41, 5.74) is -6.61. The number of hydrogen-bond acceptors (Lipinski definition) is 11. The normalized spacial score (nSPS) is 15.6. The zero-order valence-corrected chi connectivity index (χ0v) is 23.1. The van der Waals surface area contributed by atoms with Crippen molar-refractivity contribution in [2.75, 3.05) is 39.9 Å². The van der Waals surface area contributed by atoms with Gasteiger partial charge in [-0.05, 0) is 33.8 Å². The van der Waals surface area contributed by atoms with Gasteiger partial charge < -0.3 is 34.1 Å². The van der Waals surface area contributed by atoms with Crippen LogP contribution in [-0.2, 0) is 44.8 Å². The monoisotopic (exact) mass is 571 g/mol. The number of nitrogens with zero attached hydrogens (tertiary/aromatic N) is 2. The number of rotatable bonds is 10. The van der Waals surface area contributed by atoms with Gasteiger partial charge >= 0.3 is 23.5 Å². The molecule has 0 aliphatic carbocycles. The topological polar surface area (TPSA) is 138 Å². The van der Waals surface area contributed by atoms with Crippen molar-refractivity contribution >= 4 is 17.8 Å². The lowest BCUT2D eigenvalue weighted by Crippen LogP contribution is -2.49. The number of benzene rings is 1. The van der Waals surface area contributed by atoms with Crippen LogP contribution in [-0.4, -0.2) is 67.2 Å². The van der Waals surface area contributed by atoms with E-state index in [2.05, 4.69) is 15.3 Å². The zero-order chi connectivity index (χ0) is 30.0. The molecule has 220 valence electrons. The van der Waals surface area contributed by atoms with Crippen molar-refractivity contribution in [2.45, 2.75) is 57.2 Å². The fraction of sp³-hybridized carbons (Fsp3) is 0.538. The molecule has 2 heterocycles. The number of aliphatic hydroxyl groups is 1. The Labute approximate surface area is 228 Å². The maximum atomic E-state index is 15.5. The van der Waals surface area contributed by atoms with Gasteiger partial charge in [0.05, 0.1) is 44.6 Å². The number of carbonyl (C=O) groups excluding carboxylic acids is 2. The van der Waals surface area contributed by atoms with Crippen LogP contribution in [0.4, 0.5) is 19.0 Å². The highest BCUT2D eigenvalue weighted by Crippen LogP contribution is 2.43. The van der Waals surface area contributed by atoms with E-state index in [-0.39, 0.29) is 41.7 Å². The van der Waals surface area contributed by atoms with Crippen LogP contribution in [0.25, 0.3) is 0 Å². The summed E-state index contributed by atoms with van der Waals surface area (Å²) < 4.78 is 71.6. The highest BCUT2D eigenvalue weighted by Gasteiger charge is 2.56. The lowest BCUT2D eigenvalue weighted by Gasteiger charge is -2.31. The van der Waals surface area contributed by atoms with Gasteiger partial charge in [0, 0.05) is 12.7 Å². The summed E-state index contributed by atoms with van der Waals surface area (Å²) in [5.74, 6) is -7.50. The first-order chi connectivity index (χ1) is 18.7. The van der Waals surface area contributed by atoms with Gasteiger partial charge in [-0.15, -0.1) is 0 Å². The van der Waals surface area contributed by atoms with Crippen LogP contribution in [0, 0.1) is 12.7 Å². The van der Waals surface area contributed by atoms with E-state index in [0.29, 0.717) is 0 Å². The third kappa shape index (κ3) is 5.36. The fourth-order valence-corrected chi connectivity index (χ4v) is 4.27. The number of nitrogens with one attached hydrogen (secondary N) is 1. The van der Waals surface area contributed by atoms with Crippen molar-refractivity contribution in [3.05, 3.63) is 52.2 Å². The Balaban J connectivity index is 2.22. The number of halogens is 3. The highest BCUT2D eigenvalue weighted by atomic mass is 19.3. The quantitative estimate of drug-likeness (QED) is 0.321. The summed E-state index contributed by atoms with van der Waals surface area (Å²) in [6, 6.07) is 2.39. The van der Waals surface area contributed by atoms with Crippen molar-refractivity contribution in [1.82, 2.24) is 9.97 Å². The molecule has 3 rings (SSSR count). The second kappa shape index (κ2) is 11.6. The Bertz CT molecular complexity index is 1250. The second-order valence-corrected chi connectivity index (χ2v) is 9.53. The maximum absolute atomic E-state index is 15.5. The first-order valence-corrected chi connectivity index (χ1v) is 12.2. The zero-order valence-electron chi connectivity index (χ0n) is 23.1. The molecule has 14 heteroatoms. The van der Waals surface area contributed by atoms with E-state index >= 15 is 4.39 Å². The Hall–Kier alpha value is -3.33. The largest absolute Gasteiger partial charge is 0.466 e. The molecular formula is C26H32F3N3O8. The molecule has 40 heavy (non-hydrogen) atoms. The number of aryl methyl sites for hydroxylation is 1. The highest BCUT2D eigenvalue weighted by molar-refractivity contribution is 6.04. The summed E-state index contributed by atoms with van der Waals surface area (Å²) in [4.78, 5) is 34.7. The van der Waals surface area contributed by atoms with Gasteiger partial charge in [-0.2, -0.15) is 8.78 Å². The molecule has 2 N–H and O–H groups in total. The number of hydrogen-bond donors (Lipinski definition) is 2. The Morgan fingerprint density at radius 2 is 1.68 bits per heavy atom. The number of alkyl halides is 2. The van der Waals surface area contributed by atoms with Crippen LogP contribution in [0.2, 0.25) is 0 Å². The molecule has 0 unspecified atom stereocenters. The molecule has 1 fully saturated rings. The number of ether oxygens (including phenoxy) is 5. The molecular weight excluding hydrogens is 539 g/mol. The summed E-state index contributed by atoms with van der Waals surface area (Å²) in [7, 11) is 3.15. The lowest BCUT2D eigenvalue weighted by molar-refractivity contribution is -0.187. The molecule has 1 aromatic heterocycles. The Morgan fingerprint density at radius 1 is 1.10 bits per heavy atom. The van der Waals surface area contributed by atoms with Gasteiger partial charge in [-0.25, -0.2) is 23.9 Å². The van der Waals surface area contributed by atoms with Crippen LogP contribution in [0.5, 0.6) is 0 Å². The molecule has 0 radical (unpaired) electrons. The van der Waals surface area contributed by atoms with Crippen molar-refractivity contribution in [1.29, 1.82) is 0 Å². The van der Waals surface area contributed by atoms with E-state index in [1.807, 2.05) is 0 Å². The minimum absolute atomic E-state index is 0.0449. The minimum Gasteiger partial charge on any atom is -0.466 e. The molecule has 1 atom stereocenters. The van der Waals surface area contributed by atoms with Gasteiger partial charge in [0.1, 0.15) is 28.8 Å². The molecule has 0 saturated carbocycles. The lowest BCUT2D eigenvalue weighted by atomic mass is 9.90. The molecule has 0 amide bonds. The predicted octanol–water partition coefficient (Wildman–Crippen LogP) is 3.19. The average molecular weight is 572 g/mol. The smallest absolute Gasteiger partial charge is 0.356 e. The van der Waals surface area contributed by atoms with E-state index in [1.54, 1.807) is 0 Å². The van der Waals surface area contributed by atoms with E-state index in [9.17, 15) is 23.5 Å². The van der Waals surface area contributed by atoms with Crippen LogP contribution < -0.4 is 5.32 Å². The first-order valence-electron chi connectivity index (χ1n) is 12.2. The van der Waals surface area contributed by atoms with E-state index in [1.165, 1.54) is 26.0 Å². The number of methoxy groups -OCH3 is 3. The van der Waals surface area contributed by atoms with E-state index in [4.69, 9.17) is 23.7 Å². The van der Waals surface area contributed by atoms with Crippen molar-refractivity contribution in [3.8, 4) is 0 Å². The van der Waals surface area contributed by atoms with Gasteiger partial charge in [0.25, 0.3) is 0 Å². The molecule has 2 aromatic rings. The number of aromatic nitrogens is 2. The van der Waals surface area contributed by atoms with Gasteiger partial charge in [0.2, 0.25) is 0 Å². The summed E-state index contributed by atoms with van der Waals surface area (Å²) >= 11 is 0. The minimum atomic E-state index is -3.92. The molecule has 1 aliphatic rings. The summed E-state index contributed by atoms with van der Waals surface area (Å²) in [6.45, 7) is 4.98. The molecule has 11 nitrogen and oxygen atoms in total. The van der Waals surface area contributed by atoms with Crippen molar-refractivity contribution in [3.63, 3.8) is 0 Å². The average Bonchev–Trinajstić information content (AvgIpc) is 3.42. The Kier molecular flexibility index (Phi) is 9.09. The molecule has 0 spiro atoms. The fourth-order valence-electron chi connectivity index (χ4n) is 4.27. The van der Waals surface area contributed by atoms with Crippen LogP contribution in [0.1, 0.15) is 61.3 Å². The summed E-state index contributed by atoms with van der Waals surface area (Å²) in [5, 5.41) is 12.9. The van der Waals surface area contributed by atoms with Gasteiger partial charge in [-0.1, -0.05) is 12.1 Å². The number of anilines is 1. The van der Waals surface area contributed by atoms with Crippen molar-refractivity contribution in [2.24, 2.45) is 0 Å². The van der Waals surface area contributed by atoms with Crippen molar-refractivity contribution < 1.29 is 51.6 Å². The predicted molar refractivity (Wildman–Crippen MR) is 133 cm³/mol. The third-order valence-corrected chi connectivity index (χ3v) is 6.46.